The van der Waals surface area contributed by atoms with Crippen LogP contribution in [0.1, 0.15) is 24.4 Å². The van der Waals surface area contributed by atoms with E-state index in [1.54, 1.807) is 35.1 Å². The summed E-state index contributed by atoms with van der Waals surface area (Å²) in [6, 6.07) is 18.6. The molecule has 0 aliphatic carbocycles. The third-order valence-electron chi connectivity index (χ3n) is 4.71. The van der Waals surface area contributed by atoms with Crippen LogP contribution in [0, 0.1) is 0 Å². The Balaban J connectivity index is 1.56. The van der Waals surface area contributed by atoms with Gasteiger partial charge < -0.3 is 19.4 Å². The van der Waals surface area contributed by atoms with E-state index in [9.17, 15) is 9.59 Å². The molecule has 0 unspecified atom stereocenters. The molecule has 2 heterocycles. The predicted octanol–water partition coefficient (Wildman–Crippen LogP) is 4.89. The van der Waals surface area contributed by atoms with E-state index < -0.39 is 0 Å². The second-order valence-electron chi connectivity index (χ2n) is 6.75. The largest absolute Gasteiger partial charge is 0.492 e. The second kappa shape index (κ2) is 9.09. The van der Waals surface area contributed by atoms with Crippen LogP contribution in [0.3, 0.4) is 0 Å². The monoisotopic (exact) mass is 422 g/mol. The van der Waals surface area contributed by atoms with Gasteiger partial charge in [-0.15, -0.1) is 11.8 Å². The van der Waals surface area contributed by atoms with Crippen LogP contribution in [-0.4, -0.2) is 25.0 Å². The zero-order chi connectivity index (χ0) is 20.9. The maximum atomic E-state index is 13.1. The van der Waals surface area contributed by atoms with Crippen molar-refractivity contribution in [2.24, 2.45) is 0 Å². The Morgan fingerprint density at radius 2 is 1.97 bits per heavy atom. The third-order valence-corrected chi connectivity index (χ3v) is 5.99. The van der Waals surface area contributed by atoms with Crippen LogP contribution in [0.25, 0.3) is 0 Å². The van der Waals surface area contributed by atoms with Crippen LogP contribution < -0.4 is 15.0 Å². The summed E-state index contributed by atoms with van der Waals surface area (Å²) in [7, 11) is 0. The van der Waals surface area contributed by atoms with Crippen molar-refractivity contribution < 1.29 is 18.7 Å². The van der Waals surface area contributed by atoms with Crippen molar-refractivity contribution in [1.82, 2.24) is 0 Å². The van der Waals surface area contributed by atoms with Crippen LogP contribution >= 0.6 is 11.8 Å². The molecule has 0 saturated heterocycles. The van der Waals surface area contributed by atoms with Crippen LogP contribution in [0.5, 0.6) is 5.75 Å². The Morgan fingerprint density at radius 1 is 1.17 bits per heavy atom. The molecule has 3 aromatic rings. The van der Waals surface area contributed by atoms with E-state index >= 15 is 0 Å². The van der Waals surface area contributed by atoms with Gasteiger partial charge in [-0.2, -0.15) is 0 Å². The highest BCUT2D eigenvalue weighted by atomic mass is 32.2. The molecule has 0 saturated carbocycles. The normalized spacial score (nSPS) is 16.0. The molecule has 0 radical (unpaired) electrons. The number of benzene rings is 2. The summed E-state index contributed by atoms with van der Waals surface area (Å²) in [5.74, 6) is 0.943. The number of carbonyl (C=O) groups is 2. The van der Waals surface area contributed by atoms with Gasteiger partial charge >= 0.3 is 0 Å². The van der Waals surface area contributed by atoms with Gasteiger partial charge in [-0.05, 0) is 43.3 Å². The average Bonchev–Trinajstić information content (AvgIpc) is 3.24. The molecule has 1 N–H and O–H groups in total. The molecule has 1 aromatic heterocycles. The van der Waals surface area contributed by atoms with Crippen molar-refractivity contribution in [2.45, 2.75) is 23.5 Å². The SMILES string of the molecule is CCOc1ccccc1NC(=O)CN1C(=O)C[C@@H](c2ccco2)Sc2ccccc21. The van der Waals surface area contributed by atoms with Gasteiger partial charge in [0.25, 0.3) is 0 Å². The van der Waals surface area contributed by atoms with Crippen molar-refractivity contribution in [1.29, 1.82) is 0 Å². The number of thioether (sulfide) groups is 1. The second-order valence-corrected chi connectivity index (χ2v) is 8.00. The minimum absolute atomic E-state index is 0.0816. The first kappa shape index (κ1) is 20.1. The van der Waals surface area contributed by atoms with Gasteiger partial charge in [0.05, 0.1) is 29.5 Å². The minimum Gasteiger partial charge on any atom is -0.492 e. The van der Waals surface area contributed by atoms with Gasteiger partial charge in [0.2, 0.25) is 11.8 Å². The van der Waals surface area contributed by atoms with Crippen molar-refractivity contribution in [3.63, 3.8) is 0 Å². The topological polar surface area (TPSA) is 71.8 Å². The fourth-order valence-corrected chi connectivity index (χ4v) is 4.61. The fraction of sp³-hybridized carbons (Fsp3) is 0.217. The molecule has 7 heteroatoms. The Morgan fingerprint density at radius 3 is 2.77 bits per heavy atom. The number of furan rings is 1. The Kier molecular flexibility index (Phi) is 6.09. The van der Waals surface area contributed by atoms with E-state index in [1.807, 2.05) is 55.5 Å². The van der Waals surface area contributed by atoms with Crippen molar-refractivity contribution in [3.05, 3.63) is 72.7 Å². The fourth-order valence-electron chi connectivity index (χ4n) is 3.37. The molecule has 6 nitrogen and oxygen atoms in total. The first-order valence-electron chi connectivity index (χ1n) is 9.77. The summed E-state index contributed by atoms with van der Waals surface area (Å²) >= 11 is 1.58. The molecular formula is C23H22N2O4S. The lowest BCUT2D eigenvalue weighted by atomic mass is 10.2. The minimum atomic E-state index is -0.285. The molecule has 1 aliphatic rings. The number of para-hydroxylation sites is 3. The summed E-state index contributed by atoms with van der Waals surface area (Å²) in [5, 5.41) is 2.73. The molecule has 4 rings (SSSR count). The average molecular weight is 423 g/mol. The van der Waals surface area contributed by atoms with E-state index in [0.717, 1.165) is 16.3 Å². The molecule has 2 amide bonds. The number of carbonyl (C=O) groups excluding carboxylic acids is 2. The van der Waals surface area contributed by atoms with E-state index in [2.05, 4.69) is 5.32 Å². The predicted molar refractivity (Wildman–Crippen MR) is 117 cm³/mol. The van der Waals surface area contributed by atoms with Crippen molar-refractivity contribution in [2.75, 3.05) is 23.4 Å². The lowest BCUT2D eigenvalue weighted by Crippen LogP contribution is -2.38. The van der Waals surface area contributed by atoms with E-state index in [-0.39, 0.29) is 30.0 Å². The summed E-state index contributed by atoms with van der Waals surface area (Å²) < 4.78 is 11.1. The number of anilines is 2. The number of amides is 2. The Labute approximate surface area is 179 Å². The zero-order valence-corrected chi connectivity index (χ0v) is 17.4. The smallest absolute Gasteiger partial charge is 0.244 e. The van der Waals surface area contributed by atoms with Crippen LogP contribution in [0.15, 0.2) is 76.2 Å². The molecule has 0 bridgehead atoms. The maximum Gasteiger partial charge on any atom is 0.244 e. The quantitative estimate of drug-likeness (QED) is 0.613. The van der Waals surface area contributed by atoms with Gasteiger partial charge in [0.15, 0.2) is 0 Å². The van der Waals surface area contributed by atoms with E-state index in [1.165, 1.54) is 0 Å². The molecule has 1 aliphatic heterocycles. The molecule has 0 fully saturated rings. The first-order chi connectivity index (χ1) is 14.7. The highest BCUT2D eigenvalue weighted by molar-refractivity contribution is 7.99. The summed E-state index contributed by atoms with van der Waals surface area (Å²) in [4.78, 5) is 28.4. The Bertz CT molecular complexity index is 1040. The number of ether oxygens (including phenoxy) is 1. The number of hydrogen-bond acceptors (Lipinski definition) is 5. The third kappa shape index (κ3) is 4.36. The summed E-state index contributed by atoms with van der Waals surface area (Å²) in [6.45, 7) is 2.30. The number of fused-ring (bicyclic) bond motifs is 1. The first-order valence-corrected chi connectivity index (χ1v) is 10.6. The lowest BCUT2D eigenvalue weighted by molar-refractivity contribution is -0.121. The molecule has 154 valence electrons. The van der Waals surface area contributed by atoms with E-state index in [0.29, 0.717) is 18.0 Å². The van der Waals surface area contributed by atoms with Gasteiger partial charge in [0, 0.05) is 11.3 Å². The van der Waals surface area contributed by atoms with Crippen LogP contribution in [0.2, 0.25) is 0 Å². The highest BCUT2D eigenvalue weighted by Gasteiger charge is 2.31. The summed E-state index contributed by atoms with van der Waals surface area (Å²) in [5.41, 5.74) is 1.32. The standard InChI is InChI=1S/C23H22N2O4S/c1-2-28-18-10-5-3-8-16(18)24-22(26)15-25-17-9-4-6-12-20(17)30-21(14-23(25)27)19-11-7-13-29-19/h3-13,21H,2,14-15H2,1H3,(H,24,26)/t21-/m0/s1. The number of rotatable bonds is 6. The maximum absolute atomic E-state index is 13.1. The number of nitrogens with zero attached hydrogens (tertiary/aromatic N) is 1. The van der Waals surface area contributed by atoms with E-state index in [4.69, 9.17) is 9.15 Å². The molecule has 30 heavy (non-hydrogen) atoms. The highest BCUT2D eigenvalue weighted by Crippen LogP contribution is 2.45. The van der Waals surface area contributed by atoms with Crippen molar-refractivity contribution >= 4 is 35.0 Å². The van der Waals surface area contributed by atoms with Gasteiger partial charge in [-0.1, -0.05) is 24.3 Å². The number of nitrogens with one attached hydrogen (secondary N) is 1. The molecule has 1 atom stereocenters. The van der Waals surface area contributed by atoms with Gasteiger partial charge in [0.1, 0.15) is 18.1 Å². The lowest BCUT2D eigenvalue weighted by Gasteiger charge is -2.22. The summed E-state index contributed by atoms with van der Waals surface area (Å²) in [6.07, 6.45) is 1.86. The van der Waals surface area contributed by atoms with Gasteiger partial charge in [-0.25, -0.2) is 0 Å². The van der Waals surface area contributed by atoms with Crippen LogP contribution in [-0.2, 0) is 9.59 Å². The molecular weight excluding hydrogens is 400 g/mol. The Hall–Kier alpha value is -3.19. The molecule has 2 aromatic carbocycles. The van der Waals surface area contributed by atoms with Gasteiger partial charge in [-0.3, -0.25) is 9.59 Å². The molecule has 0 spiro atoms. The van der Waals surface area contributed by atoms with Crippen LogP contribution in [0.4, 0.5) is 11.4 Å². The zero-order valence-electron chi connectivity index (χ0n) is 16.5. The number of hydrogen-bond donors (Lipinski definition) is 1. The van der Waals surface area contributed by atoms with Crippen molar-refractivity contribution in [3.8, 4) is 5.75 Å².